The van der Waals surface area contributed by atoms with E-state index in [0.29, 0.717) is 33.4 Å². The largest absolute Gasteiger partial charge is 0.486 e. The number of hydrogen-bond donors (Lipinski definition) is 3. The van der Waals surface area contributed by atoms with Gasteiger partial charge in [0.05, 0.1) is 29.0 Å². The number of pyridine rings is 1. The van der Waals surface area contributed by atoms with E-state index in [1.165, 1.54) is 5.70 Å². The van der Waals surface area contributed by atoms with Crippen molar-refractivity contribution in [2.75, 3.05) is 44.5 Å². The molecule has 0 bridgehead atoms. The van der Waals surface area contributed by atoms with Gasteiger partial charge in [0, 0.05) is 67.5 Å². The normalized spacial score (nSPS) is 17.4. The van der Waals surface area contributed by atoms with Crippen LogP contribution in [0.25, 0.3) is 0 Å². The van der Waals surface area contributed by atoms with Crippen LogP contribution in [0.15, 0.2) is 66.2 Å². The number of rotatable bonds is 10. The maximum atomic E-state index is 8.77. The molecule has 2 aromatic rings. The van der Waals surface area contributed by atoms with Crippen LogP contribution in [-0.4, -0.2) is 55.0 Å². The van der Waals surface area contributed by atoms with Gasteiger partial charge < -0.3 is 25.3 Å². The van der Waals surface area contributed by atoms with Crippen molar-refractivity contribution in [2.24, 2.45) is 0 Å². The minimum absolute atomic E-state index is 0.386. The number of nitrogens with zero attached hydrogens (tertiary/aromatic N) is 2. The first kappa shape index (κ1) is 28.3. The summed E-state index contributed by atoms with van der Waals surface area (Å²) in [5.74, 6) is 0.626. The average Bonchev–Trinajstić information content (AvgIpc) is 2.89. The van der Waals surface area contributed by atoms with E-state index in [4.69, 9.17) is 38.1 Å². The molecule has 3 heterocycles. The second-order valence-corrected chi connectivity index (χ2v) is 11.5. The zero-order valence-electron chi connectivity index (χ0n) is 20.4. The van der Waals surface area contributed by atoms with Gasteiger partial charge in [-0.05, 0) is 64.9 Å². The Labute approximate surface area is 242 Å². The molecule has 196 valence electrons. The Balaban J connectivity index is 1.46. The van der Waals surface area contributed by atoms with Crippen molar-refractivity contribution in [3.05, 3.63) is 87.3 Å². The summed E-state index contributed by atoms with van der Waals surface area (Å²) < 4.78 is 11.6. The third kappa shape index (κ3) is 7.91. The molecule has 0 spiro atoms. The Kier molecular flexibility index (Phi) is 10.7. The van der Waals surface area contributed by atoms with Crippen LogP contribution in [0.4, 0.5) is 5.69 Å². The predicted octanol–water partition coefficient (Wildman–Crippen LogP) is 6.55. The summed E-state index contributed by atoms with van der Waals surface area (Å²) in [5.41, 5.74) is 5.03. The number of nitrogens with one attached hydrogen (secondary N) is 3. The lowest BCUT2D eigenvalue weighted by Crippen LogP contribution is -2.40. The molecule has 1 saturated heterocycles. The minimum atomic E-state index is -0.386. The molecular weight excluding hydrogens is 643 g/mol. The molecule has 2 aliphatic heterocycles. The van der Waals surface area contributed by atoms with Gasteiger partial charge in [0.1, 0.15) is 11.9 Å². The van der Waals surface area contributed by atoms with E-state index in [-0.39, 0.29) is 6.10 Å². The fraction of sp³-hybridized carbons (Fsp3) is 0.308. The molecule has 0 saturated carbocycles. The number of morpholine rings is 1. The average molecular weight is 672 g/mol. The van der Waals surface area contributed by atoms with E-state index in [2.05, 4.69) is 54.5 Å². The third-order valence-electron chi connectivity index (χ3n) is 6.05. The SMILES string of the molecule is CC(Oc1ccc(NPI)c(C(=N)/C=C/C2=CC=C(CN3CCOCC3)NC2)c1)c1c(Cl)cncc1Cl. The van der Waals surface area contributed by atoms with Gasteiger partial charge in [-0.2, -0.15) is 0 Å². The quantitative estimate of drug-likeness (QED) is 0.151. The molecule has 1 aromatic heterocycles. The smallest absolute Gasteiger partial charge is 0.124 e. The highest BCUT2D eigenvalue weighted by molar-refractivity contribution is 14.2. The van der Waals surface area contributed by atoms with Gasteiger partial charge in [-0.25, -0.2) is 0 Å². The summed E-state index contributed by atoms with van der Waals surface area (Å²) in [5, 5.41) is 16.5. The Morgan fingerprint density at radius 2 is 2.05 bits per heavy atom. The third-order valence-corrected chi connectivity index (χ3v) is 7.83. The van der Waals surface area contributed by atoms with Crippen molar-refractivity contribution < 1.29 is 9.47 Å². The molecule has 2 aliphatic rings. The standard InChI is InChI=1S/C26H29Cl2IN5O2P/c1-17(26-22(27)14-31-15-23(26)28)36-20-5-7-25(33-37-29)21(12-20)24(30)6-3-18-2-4-19(32-13-18)16-34-8-10-35-11-9-34/h2-7,12,14-15,17,30,32-33,37H,8-11,13,16H2,1H3/b6-3+,30-24?. The maximum Gasteiger partial charge on any atom is 0.124 e. The van der Waals surface area contributed by atoms with Crippen LogP contribution >= 0.6 is 51.6 Å². The zero-order valence-corrected chi connectivity index (χ0v) is 25.0. The lowest BCUT2D eigenvalue weighted by Gasteiger charge is -2.28. The van der Waals surface area contributed by atoms with E-state index >= 15 is 0 Å². The first-order valence-corrected chi connectivity index (χ1v) is 16.7. The fourth-order valence-electron chi connectivity index (χ4n) is 4.10. The summed E-state index contributed by atoms with van der Waals surface area (Å²) in [6.45, 7) is 7.04. The van der Waals surface area contributed by atoms with Crippen LogP contribution in [0.1, 0.15) is 24.2 Å². The van der Waals surface area contributed by atoms with Gasteiger partial charge in [-0.3, -0.25) is 9.88 Å². The summed E-state index contributed by atoms with van der Waals surface area (Å²) in [7, 11) is 0. The van der Waals surface area contributed by atoms with Crippen molar-refractivity contribution in [1.82, 2.24) is 15.2 Å². The topological polar surface area (TPSA) is 82.5 Å². The van der Waals surface area contributed by atoms with E-state index in [9.17, 15) is 0 Å². The van der Waals surface area contributed by atoms with E-state index in [0.717, 1.165) is 56.2 Å². The molecule has 0 aliphatic carbocycles. The molecule has 1 fully saturated rings. The van der Waals surface area contributed by atoms with Gasteiger partial charge in [0.2, 0.25) is 0 Å². The molecule has 11 heteroatoms. The van der Waals surface area contributed by atoms with Crippen LogP contribution in [-0.2, 0) is 4.74 Å². The van der Waals surface area contributed by atoms with Gasteiger partial charge >= 0.3 is 0 Å². The molecule has 4 rings (SSSR count). The van der Waals surface area contributed by atoms with Crippen LogP contribution in [0.5, 0.6) is 5.75 Å². The van der Waals surface area contributed by atoms with E-state index in [1.807, 2.05) is 37.3 Å². The van der Waals surface area contributed by atoms with Gasteiger partial charge in [-0.1, -0.05) is 35.4 Å². The number of hydrogen-bond acceptors (Lipinski definition) is 7. The number of allylic oxidation sites excluding steroid dienone is 3. The molecule has 0 radical (unpaired) electrons. The van der Waals surface area contributed by atoms with Gasteiger partial charge in [-0.15, -0.1) is 0 Å². The van der Waals surface area contributed by atoms with Crippen molar-refractivity contribution in [3.63, 3.8) is 0 Å². The second-order valence-electron chi connectivity index (χ2n) is 8.63. The van der Waals surface area contributed by atoms with Crippen LogP contribution < -0.4 is 15.1 Å². The van der Waals surface area contributed by atoms with Crippen LogP contribution in [0.3, 0.4) is 0 Å². The summed E-state index contributed by atoms with van der Waals surface area (Å²) in [4.78, 5) is 6.40. The first-order valence-electron chi connectivity index (χ1n) is 11.9. The number of anilines is 1. The molecule has 2 unspecified atom stereocenters. The fourth-order valence-corrected chi connectivity index (χ4v) is 5.96. The highest BCUT2D eigenvalue weighted by Gasteiger charge is 2.17. The summed E-state index contributed by atoms with van der Waals surface area (Å²) >= 11 is 14.9. The first-order chi connectivity index (χ1) is 17.9. The Bertz CT molecular complexity index is 1200. The second kappa shape index (κ2) is 13.9. The number of dihydropyridines is 1. The molecule has 1 aromatic carbocycles. The van der Waals surface area contributed by atoms with Crippen molar-refractivity contribution in [3.8, 4) is 5.75 Å². The molecule has 7 nitrogen and oxygen atoms in total. The lowest BCUT2D eigenvalue weighted by molar-refractivity contribution is 0.0416. The predicted molar refractivity (Wildman–Crippen MR) is 163 cm³/mol. The molecule has 3 N–H and O–H groups in total. The molecular formula is C26H29Cl2IN5O2P. The Hall–Kier alpha value is -1.68. The van der Waals surface area contributed by atoms with Crippen LogP contribution in [0, 0.1) is 5.41 Å². The minimum Gasteiger partial charge on any atom is -0.486 e. The van der Waals surface area contributed by atoms with Crippen molar-refractivity contribution in [1.29, 1.82) is 5.41 Å². The number of aromatic nitrogens is 1. The monoisotopic (exact) mass is 671 g/mol. The Morgan fingerprint density at radius 1 is 1.30 bits per heavy atom. The number of ether oxygens (including phenoxy) is 2. The Morgan fingerprint density at radius 3 is 2.73 bits per heavy atom. The number of halogens is 3. The highest BCUT2D eigenvalue weighted by atomic mass is 127. The lowest BCUT2D eigenvalue weighted by atomic mass is 10.0. The van der Waals surface area contributed by atoms with Gasteiger partial charge in [0.15, 0.2) is 0 Å². The summed E-state index contributed by atoms with van der Waals surface area (Å²) in [6.07, 6.45) is 11.2. The van der Waals surface area contributed by atoms with E-state index in [1.54, 1.807) is 12.4 Å². The van der Waals surface area contributed by atoms with E-state index < -0.39 is 0 Å². The van der Waals surface area contributed by atoms with Crippen molar-refractivity contribution in [2.45, 2.75) is 13.0 Å². The van der Waals surface area contributed by atoms with Crippen LogP contribution in [0.2, 0.25) is 10.0 Å². The maximum absolute atomic E-state index is 8.77. The molecule has 2 atom stereocenters. The number of benzene rings is 1. The zero-order chi connectivity index (χ0) is 26.2. The molecule has 37 heavy (non-hydrogen) atoms. The highest BCUT2D eigenvalue weighted by Crippen LogP contribution is 2.35. The molecule has 0 amide bonds. The van der Waals surface area contributed by atoms with Gasteiger partial charge in [0.25, 0.3) is 0 Å². The van der Waals surface area contributed by atoms with Crippen molar-refractivity contribution >= 4 is 63.0 Å². The summed E-state index contributed by atoms with van der Waals surface area (Å²) in [6, 6.07) is 5.69.